The number of nitrogens with one attached hydrogen (secondary N) is 1. The number of hydrogen-bond donors (Lipinski definition) is 2. The third-order valence-electron chi connectivity index (χ3n) is 3.04. The molecule has 0 aliphatic heterocycles. The van der Waals surface area contributed by atoms with E-state index in [1.165, 1.54) is 0 Å². The molecule has 0 saturated carbocycles. The average molecular weight is 278 g/mol. The fourth-order valence-electron chi connectivity index (χ4n) is 1.97. The van der Waals surface area contributed by atoms with Crippen molar-refractivity contribution in [3.05, 3.63) is 66.1 Å². The van der Waals surface area contributed by atoms with E-state index in [9.17, 15) is 5.11 Å². The number of benzene rings is 1. The van der Waals surface area contributed by atoms with Gasteiger partial charge in [-0.25, -0.2) is 4.98 Å². The topological polar surface area (TPSA) is 70.4 Å². The number of phenolic OH excluding ortho intramolecular Hbond substituents is 1. The second-order valence-corrected chi connectivity index (χ2v) is 4.53. The van der Waals surface area contributed by atoms with Gasteiger partial charge in [-0.3, -0.25) is 4.98 Å². The molecule has 0 aliphatic carbocycles. The number of para-hydroxylation sites is 1. The molecule has 0 spiro atoms. The maximum absolute atomic E-state index is 9.79. The minimum atomic E-state index is 0.174. The lowest BCUT2D eigenvalue weighted by Gasteiger charge is -2.02. The fraction of sp³-hybridized carbons (Fsp3) is 0.0625. The molecule has 2 N–H and O–H groups in total. The smallest absolute Gasteiger partial charge is 0.141 e. The van der Waals surface area contributed by atoms with Crippen molar-refractivity contribution in [3.8, 4) is 5.75 Å². The SMILES string of the molecule is Oc1cccc2ccc(C=NNCc3ccncc3)nc12. The van der Waals surface area contributed by atoms with E-state index in [1.54, 1.807) is 30.7 Å². The van der Waals surface area contributed by atoms with Crippen LogP contribution in [0.5, 0.6) is 5.75 Å². The lowest BCUT2D eigenvalue weighted by molar-refractivity contribution is 0.480. The van der Waals surface area contributed by atoms with Gasteiger partial charge in [-0.2, -0.15) is 5.10 Å². The van der Waals surface area contributed by atoms with Crippen LogP contribution in [0.3, 0.4) is 0 Å². The Morgan fingerprint density at radius 1 is 1.10 bits per heavy atom. The molecule has 0 fully saturated rings. The maximum Gasteiger partial charge on any atom is 0.141 e. The van der Waals surface area contributed by atoms with Crippen LogP contribution in [0.2, 0.25) is 0 Å². The molecule has 2 aromatic heterocycles. The Balaban J connectivity index is 1.70. The van der Waals surface area contributed by atoms with E-state index in [0.717, 1.165) is 10.9 Å². The molecule has 3 rings (SSSR count). The van der Waals surface area contributed by atoms with E-state index >= 15 is 0 Å². The van der Waals surface area contributed by atoms with Crippen molar-refractivity contribution in [3.63, 3.8) is 0 Å². The minimum absolute atomic E-state index is 0.174. The van der Waals surface area contributed by atoms with Crippen molar-refractivity contribution in [2.24, 2.45) is 5.10 Å². The lowest BCUT2D eigenvalue weighted by atomic mass is 10.2. The number of nitrogens with zero attached hydrogens (tertiary/aromatic N) is 3. The van der Waals surface area contributed by atoms with Gasteiger partial charge in [-0.1, -0.05) is 18.2 Å². The van der Waals surface area contributed by atoms with E-state index in [4.69, 9.17) is 0 Å². The Labute approximate surface area is 122 Å². The molecule has 0 unspecified atom stereocenters. The summed E-state index contributed by atoms with van der Waals surface area (Å²) in [5, 5.41) is 14.8. The molecule has 0 radical (unpaired) electrons. The van der Waals surface area contributed by atoms with Crippen molar-refractivity contribution in [1.82, 2.24) is 15.4 Å². The molecule has 5 nitrogen and oxygen atoms in total. The number of fused-ring (bicyclic) bond motifs is 1. The Morgan fingerprint density at radius 3 is 2.81 bits per heavy atom. The second kappa shape index (κ2) is 6.00. The molecule has 5 heteroatoms. The van der Waals surface area contributed by atoms with Gasteiger partial charge < -0.3 is 10.5 Å². The standard InChI is InChI=1S/C16H14N4O/c21-15-3-1-2-13-4-5-14(20-16(13)15)11-19-18-10-12-6-8-17-9-7-12/h1-9,11,18,21H,10H2. The van der Waals surface area contributed by atoms with Crippen molar-refractivity contribution in [2.75, 3.05) is 0 Å². The van der Waals surface area contributed by atoms with Crippen LogP contribution in [-0.4, -0.2) is 21.3 Å². The van der Waals surface area contributed by atoms with Gasteiger partial charge in [0, 0.05) is 17.8 Å². The van der Waals surface area contributed by atoms with Gasteiger partial charge in [0.15, 0.2) is 0 Å². The van der Waals surface area contributed by atoms with Crippen molar-refractivity contribution in [1.29, 1.82) is 0 Å². The summed E-state index contributed by atoms with van der Waals surface area (Å²) < 4.78 is 0. The second-order valence-electron chi connectivity index (χ2n) is 4.53. The Kier molecular flexibility index (Phi) is 3.73. The zero-order valence-electron chi connectivity index (χ0n) is 11.3. The van der Waals surface area contributed by atoms with Crippen molar-refractivity contribution >= 4 is 17.1 Å². The highest BCUT2D eigenvalue weighted by molar-refractivity contribution is 5.88. The largest absolute Gasteiger partial charge is 0.506 e. The first-order chi connectivity index (χ1) is 10.3. The summed E-state index contributed by atoms with van der Waals surface area (Å²) in [4.78, 5) is 8.33. The average Bonchev–Trinajstić information content (AvgIpc) is 2.53. The third kappa shape index (κ3) is 3.14. The van der Waals surface area contributed by atoms with E-state index in [0.29, 0.717) is 17.8 Å². The fourth-order valence-corrected chi connectivity index (χ4v) is 1.97. The first-order valence-corrected chi connectivity index (χ1v) is 6.56. The van der Waals surface area contributed by atoms with Crippen molar-refractivity contribution < 1.29 is 5.11 Å². The molecule has 0 atom stereocenters. The molecule has 0 aliphatic rings. The molecular formula is C16H14N4O. The van der Waals surface area contributed by atoms with Crippen LogP contribution in [0, 0.1) is 0 Å². The van der Waals surface area contributed by atoms with Crippen LogP contribution in [-0.2, 0) is 6.54 Å². The number of aromatic nitrogens is 2. The Morgan fingerprint density at radius 2 is 1.95 bits per heavy atom. The summed E-state index contributed by atoms with van der Waals surface area (Å²) in [7, 11) is 0. The van der Waals surface area contributed by atoms with Crippen LogP contribution < -0.4 is 5.43 Å². The lowest BCUT2D eigenvalue weighted by Crippen LogP contribution is -2.05. The summed E-state index contributed by atoms with van der Waals surface area (Å²) >= 11 is 0. The van der Waals surface area contributed by atoms with E-state index in [1.807, 2.05) is 30.3 Å². The molecule has 104 valence electrons. The van der Waals surface area contributed by atoms with Gasteiger partial charge in [-0.05, 0) is 29.8 Å². The van der Waals surface area contributed by atoms with Crippen LogP contribution >= 0.6 is 0 Å². The van der Waals surface area contributed by atoms with Gasteiger partial charge in [0.05, 0.1) is 18.5 Å². The molecule has 0 bridgehead atoms. The van der Waals surface area contributed by atoms with Crippen LogP contribution in [0.15, 0.2) is 60.0 Å². The highest BCUT2D eigenvalue weighted by Gasteiger charge is 2.01. The number of hydrazone groups is 1. The first-order valence-electron chi connectivity index (χ1n) is 6.56. The zero-order chi connectivity index (χ0) is 14.5. The van der Waals surface area contributed by atoms with E-state index in [-0.39, 0.29) is 5.75 Å². The first kappa shape index (κ1) is 13.1. The highest BCUT2D eigenvalue weighted by Crippen LogP contribution is 2.21. The molecule has 0 saturated heterocycles. The summed E-state index contributed by atoms with van der Waals surface area (Å²) in [6, 6.07) is 12.9. The zero-order valence-corrected chi connectivity index (χ0v) is 11.3. The highest BCUT2D eigenvalue weighted by atomic mass is 16.3. The third-order valence-corrected chi connectivity index (χ3v) is 3.04. The van der Waals surface area contributed by atoms with Gasteiger partial charge in [-0.15, -0.1) is 0 Å². The number of rotatable bonds is 4. The van der Waals surface area contributed by atoms with Gasteiger partial charge >= 0.3 is 0 Å². The normalized spacial score (nSPS) is 11.0. The Bertz CT molecular complexity index is 772. The summed E-state index contributed by atoms with van der Waals surface area (Å²) in [5.41, 5.74) is 5.32. The number of aromatic hydroxyl groups is 1. The van der Waals surface area contributed by atoms with Crippen LogP contribution in [0.25, 0.3) is 10.9 Å². The Hall–Kier alpha value is -2.95. The molecule has 21 heavy (non-hydrogen) atoms. The van der Waals surface area contributed by atoms with Crippen LogP contribution in [0.4, 0.5) is 0 Å². The molecular weight excluding hydrogens is 264 g/mol. The van der Waals surface area contributed by atoms with E-state index < -0.39 is 0 Å². The molecule has 2 heterocycles. The maximum atomic E-state index is 9.79. The number of hydrogen-bond acceptors (Lipinski definition) is 5. The number of pyridine rings is 2. The summed E-state index contributed by atoms with van der Waals surface area (Å²) in [6.45, 7) is 0.623. The van der Waals surface area contributed by atoms with Crippen molar-refractivity contribution in [2.45, 2.75) is 6.54 Å². The van der Waals surface area contributed by atoms with Crippen LogP contribution in [0.1, 0.15) is 11.3 Å². The van der Waals surface area contributed by atoms with Gasteiger partial charge in [0.2, 0.25) is 0 Å². The van der Waals surface area contributed by atoms with Gasteiger partial charge in [0.1, 0.15) is 11.3 Å². The molecule has 0 amide bonds. The molecule has 3 aromatic rings. The quantitative estimate of drug-likeness (QED) is 0.568. The monoisotopic (exact) mass is 278 g/mol. The summed E-state index contributed by atoms with van der Waals surface area (Å²) in [6.07, 6.45) is 5.12. The predicted octanol–water partition coefficient (Wildman–Crippen LogP) is 2.46. The van der Waals surface area contributed by atoms with Gasteiger partial charge in [0.25, 0.3) is 0 Å². The molecule has 1 aromatic carbocycles. The summed E-state index contributed by atoms with van der Waals surface area (Å²) in [5.74, 6) is 0.174. The van der Waals surface area contributed by atoms with E-state index in [2.05, 4.69) is 20.5 Å². The number of phenols is 1. The minimum Gasteiger partial charge on any atom is -0.506 e. The predicted molar refractivity (Wildman–Crippen MR) is 82.1 cm³/mol.